The lowest BCUT2D eigenvalue weighted by atomic mass is 10.1. The Balaban J connectivity index is 1.68. The highest BCUT2D eigenvalue weighted by Gasteiger charge is 2.41. The number of anilines is 2. The number of hydrogen-bond donors (Lipinski definition) is 1. The van der Waals surface area contributed by atoms with E-state index in [0.29, 0.717) is 5.69 Å². The molecule has 1 N–H and O–H groups in total. The van der Waals surface area contributed by atoms with Gasteiger partial charge in [-0.15, -0.1) is 0 Å². The van der Waals surface area contributed by atoms with Gasteiger partial charge >= 0.3 is 0 Å². The van der Waals surface area contributed by atoms with Crippen molar-refractivity contribution in [3.8, 4) is 0 Å². The van der Waals surface area contributed by atoms with Crippen molar-refractivity contribution < 1.29 is 9.59 Å². The number of nitrogens with zero attached hydrogens (tertiary/aromatic N) is 1. The van der Waals surface area contributed by atoms with E-state index in [4.69, 9.17) is 0 Å². The van der Waals surface area contributed by atoms with Gasteiger partial charge in [0, 0.05) is 11.1 Å². The molecule has 0 radical (unpaired) electrons. The Morgan fingerprint density at radius 1 is 0.833 bits per heavy atom. The van der Waals surface area contributed by atoms with Crippen LogP contribution in [0.2, 0.25) is 0 Å². The van der Waals surface area contributed by atoms with Crippen molar-refractivity contribution in [1.82, 2.24) is 0 Å². The number of fused-ring (bicyclic) bond motifs is 1. The fourth-order valence-corrected chi connectivity index (χ4v) is 3.71. The van der Waals surface area contributed by atoms with Crippen LogP contribution in [0, 0.1) is 0 Å². The van der Waals surface area contributed by atoms with Crippen molar-refractivity contribution in [2.45, 2.75) is 5.37 Å². The third kappa shape index (κ3) is 2.53. The highest BCUT2D eigenvalue weighted by Crippen LogP contribution is 2.36. The van der Waals surface area contributed by atoms with Gasteiger partial charge in [0.1, 0.15) is 0 Å². The Labute approximate surface area is 143 Å². The number of carbonyl (C=O) groups is 2. The van der Waals surface area contributed by atoms with E-state index in [1.165, 1.54) is 4.90 Å². The van der Waals surface area contributed by atoms with Crippen molar-refractivity contribution in [3.63, 3.8) is 0 Å². The number of carbonyl (C=O) groups excluding carboxylic acids is 2. The lowest BCUT2D eigenvalue weighted by Gasteiger charge is -2.17. The number of amides is 2. The van der Waals surface area contributed by atoms with Gasteiger partial charge in [0.25, 0.3) is 11.1 Å². The molecule has 1 atom stereocenters. The zero-order chi connectivity index (χ0) is 16.5. The molecule has 1 saturated heterocycles. The average molecular weight is 334 g/mol. The minimum absolute atomic E-state index is 0.245. The number of nitrogens with one attached hydrogen (secondary N) is 1. The summed E-state index contributed by atoms with van der Waals surface area (Å²) in [4.78, 5) is 26.5. The van der Waals surface area contributed by atoms with Crippen LogP contribution < -0.4 is 10.2 Å². The Bertz CT molecular complexity index is 922. The van der Waals surface area contributed by atoms with E-state index < -0.39 is 5.37 Å². The predicted molar refractivity (Wildman–Crippen MR) is 98.3 cm³/mol. The topological polar surface area (TPSA) is 49.4 Å². The number of rotatable bonds is 3. The molecule has 0 bridgehead atoms. The van der Waals surface area contributed by atoms with Crippen LogP contribution >= 0.6 is 11.8 Å². The summed E-state index contributed by atoms with van der Waals surface area (Å²) in [7, 11) is 0. The molecule has 24 heavy (non-hydrogen) atoms. The van der Waals surface area contributed by atoms with Crippen molar-refractivity contribution >= 4 is 45.1 Å². The zero-order valence-corrected chi connectivity index (χ0v) is 13.5. The summed E-state index contributed by atoms with van der Waals surface area (Å²) in [6, 6.07) is 22.8. The van der Waals surface area contributed by atoms with Crippen LogP contribution in [0.15, 0.2) is 72.8 Å². The molecule has 1 heterocycles. The first-order valence-electron chi connectivity index (χ1n) is 7.58. The fourth-order valence-electron chi connectivity index (χ4n) is 2.81. The van der Waals surface area contributed by atoms with Crippen LogP contribution in [0.4, 0.5) is 16.2 Å². The van der Waals surface area contributed by atoms with E-state index in [2.05, 4.69) is 5.32 Å². The molecule has 5 heteroatoms. The summed E-state index contributed by atoms with van der Waals surface area (Å²) in [5.41, 5.74) is 1.45. The van der Waals surface area contributed by atoms with Crippen molar-refractivity contribution in [3.05, 3.63) is 72.8 Å². The largest absolute Gasteiger partial charge is 0.365 e. The van der Waals surface area contributed by atoms with Gasteiger partial charge in [-0.05, 0) is 35.3 Å². The van der Waals surface area contributed by atoms with E-state index >= 15 is 0 Å². The van der Waals surface area contributed by atoms with Crippen LogP contribution in [0.1, 0.15) is 0 Å². The minimum atomic E-state index is -0.612. The van der Waals surface area contributed by atoms with Crippen LogP contribution in [0.25, 0.3) is 10.8 Å². The molecule has 4 nitrogen and oxygen atoms in total. The van der Waals surface area contributed by atoms with Crippen molar-refractivity contribution in [2.24, 2.45) is 0 Å². The third-order valence-corrected chi connectivity index (χ3v) is 4.86. The van der Waals surface area contributed by atoms with E-state index in [-0.39, 0.29) is 11.1 Å². The second kappa shape index (κ2) is 6.02. The quantitative estimate of drug-likeness (QED) is 0.767. The molecule has 1 aliphatic rings. The number of imide groups is 1. The molecule has 3 aromatic rings. The second-order valence-corrected chi connectivity index (χ2v) is 6.50. The highest BCUT2D eigenvalue weighted by molar-refractivity contribution is 8.16. The smallest absolute Gasteiger partial charge is 0.295 e. The van der Waals surface area contributed by atoms with Gasteiger partial charge in [-0.1, -0.05) is 54.6 Å². The van der Waals surface area contributed by atoms with Gasteiger partial charge in [-0.25, -0.2) is 4.90 Å². The van der Waals surface area contributed by atoms with Gasteiger partial charge in [0.15, 0.2) is 5.37 Å². The Morgan fingerprint density at radius 3 is 2.38 bits per heavy atom. The molecular weight excluding hydrogens is 320 g/mol. The average Bonchev–Trinajstić information content (AvgIpc) is 2.89. The molecular formula is C19H14N2O2S. The monoisotopic (exact) mass is 334 g/mol. The maximum Gasteiger partial charge on any atom is 0.295 e. The van der Waals surface area contributed by atoms with Crippen molar-refractivity contribution in [1.29, 1.82) is 0 Å². The number of benzene rings is 3. The van der Waals surface area contributed by atoms with E-state index in [1.807, 2.05) is 72.8 Å². The van der Waals surface area contributed by atoms with Gasteiger partial charge in [-0.2, -0.15) is 0 Å². The Morgan fingerprint density at radius 2 is 1.54 bits per heavy atom. The molecule has 0 saturated carbocycles. The van der Waals surface area contributed by atoms with Crippen LogP contribution in [0.5, 0.6) is 0 Å². The third-order valence-electron chi connectivity index (χ3n) is 3.92. The van der Waals surface area contributed by atoms with Gasteiger partial charge in [0.05, 0.1) is 5.69 Å². The maximum absolute atomic E-state index is 12.8. The standard InChI is InChI=1S/C19H14N2O2S/c22-18-17(20-14-9-2-1-3-10-14)24-19(23)21(18)16-12-6-8-13-7-4-5-11-15(13)16/h1-12,17,20H. The number of hydrogen-bond acceptors (Lipinski definition) is 4. The van der Waals surface area contributed by atoms with Crippen LogP contribution in [-0.4, -0.2) is 16.5 Å². The van der Waals surface area contributed by atoms with E-state index in [1.54, 1.807) is 0 Å². The molecule has 2 amide bonds. The minimum Gasteiger partial charge on any atom is -0.365 e. The molecule has 1 unspecified atom stereocenters. The molecule has 118 valence electrons. The maximum atomic E-state index is 12.8. The summed E-state index contributed by atoms with van der Waals surface area (Å²) in [5, 5.41) is 4.14. The normalized spacial score (nSPS) is 17.5. The Hall–Kier alpha value is -2.79. The molecule has 1 fully saturated rings. The predicted octanol–water partition coefficient (Wildman–Crippen LogP) is 4.48. The number of para-hydroxylation sites is 1. The molecule has 0 aromatic heterocycles. The SMILES string of the molecule is O=C1SC(Nc2ccccc2)C(=O)N1c1cccc2ccccc12. The molecule has 3 aromatic carbocycles. The summed E-state index contributed by atoms with van der Waals surface area (Å²) < 4.78 is 0. The summed E-state index contributed by atoms with van der Waals surface area (Å²) in [6.45, 7) is 0. The lowest BCUT2D eigenvalue weighted by Crippen LogP contribution is -2.34. The first-order chi connectivity index (χ1) is 11.7. The summed E-state index contributed by atoms with van der Waals surface area (Å²) in [5.74, 6) is -0.245. The van der Waals surface area contributed by atoms with Crippen LogP contribution in [-0.2, 0) is 4.79 Å². The fraction of sp³-hybridized carbons (Fsp3) is 0.0526. The van der Waals surface area contributed by atoms with E-state index in [0.717, 1.165) is 28.2 Å². The lowest BCUT2D eigenvalue weighted by molar-refractivity contribution is -0.116. The summed E-state index contributed by atoms with van der Waals surface area (Å²) in [6.07, 6.45) is 0. The zero-order valence-electron chi connectivity index (χ0n) is 12.7. The first kappa shape index (κ1) is 14.8. The molecule has 0 spiro atoms. The number of thioether (sulfide) groups is 1. The molecule has 4 rings (SSSR count). The summed E-state index contributed by atoms with van der Waals surface area (Å²) >= 11 is 1.01. The first-order valence-corrected chi connectivity index (χ1v) is 8.46. The van der Waals surface area contributed by atoms with Crippen molar-refractivity contribution in [2.75, 3.05) is 10.2 Å². The van der Waals surface area contributed by atoms with Crippen LogP contribution in [0.3, 0.4) is 0 Å². The van der Waals surface area contributed by atoms with Gasteiger partial charge in [-0.3, -0.25) is 9.59 Å². The highest BCUT2D eigenvalue weighted by atomic mass is 32.2. The second-order valence-electron chi connectivity index (χ2n) is 5.45. The molecule has 1 aliphatic heterocycles. The molecule has 0 aliphatic carbocycles. The van der Waals surface area contributed by atoms with Gasteiger partial charge in [0.2, 0.25) is 0 Å². The van der Waals surface area contributed by atoms with E-state index in [9.17, 15) is 9.59 Å². The Kier molecular flexibility index (Phi) is 3.70. The van der Waals surface area contributed by atoms with Gasteiger partial charge < -0.3 is 5.32 Å².